The van der Waals surface area contributed by atoms with Crippen LogP contribution in [0.1, 0.15) is 17.1 Å². The van der Waals surface area contributed by atoms with Crippen LogP contribution >= 0.6 is 0 Å². The molecular weight excluding hydrogens is 411 g/mol. The van der Waals surface area contributed by atoms with Crippen molar-refractivity contribution in [2.24, 2.45) is 0 Å². The summed E-state index contributed by atoms with van der Waals surface area (Å²) in [5.41, 5.74) is 0.905. The first-order chi connectivity index (χ1) is 14.8. The van der Waals surface area contributed by atoms with Gasteiger partial charge in [0, 0.05) is 17.3 Å². The molecule has 0 aliphatic rings. The minimum Gasteiger partial charge on any atom is -0.322 e. The number of nitrogens with zero attached hydrogens (tertiary/aromatic N) is 4. The van der Waals surface area contributed by atoms with Gasteiger partial charge in [-0.15, -0.1) is 5.10 Å². The molecule has 0 fully saturated rings. The lowest BCUT2D eigenvalue weighted by Gasteiger charge is -2.16. The third kappa shape index (κ3) is 3.97. The van der Waals surface area contributed by atoms with Gasteiger partial charge in [-0.25, -0.2) is 13.9 Å². The highest BCUT2D eigenvalue weighted by Gasteiger charge is 2.39. The number of halogens is 3. The molecule has 0 unspecified atom stereocenters. The Morgan fingerprint density at radius 2 is 2.00 bits per heavy atom. The van der Waals surface area contributed by atoms with E-state index >= 15 is 8.78 Å². The molecule has 3 heterocycles. The van der Waals surface area contributed by atoms with E-state index < -0.39 is 29.0 Å². The Balaban J connectivity index is 1.84. The summed E-state index contributed by atoms with van der Waals surface area (Å²) in [6.07, 6.45) is 2.44. The highest BCUT2D eigenvalue weighted by atomic mass is 19.3. The largest absolute Gasteiger partial charge is 0.333 e. The quantitative estimate of drug-likeness (QED) is 0.405. The second-order valence-electron chi connectivity index (χ2n) is 6.68. The van der Waals surface area contributed by atoms with Crippen LogP contribution in [0.4, 0.5) is 30.5 Å². The number of hydrogen-bond acceptors (Lipinski definition) is 5. The zero-order valence-electron chi connectivity index (χ0n) is 16.2. The van der Waals surface area contributed by atoms with Crippen LogP contribution < -0.4 is 10.6 Å². The van der Waals surface area contributed by atoms with Crippen molar-refractivity contribution in [3.05, 3.63) is 78.1 Å². The van der Waals surface area contributed by atoms with Crippen molar-refractivity contribution < 1.29 is 18.0 Å². The Morgan fingerprint density at radius 3 is 2.65 bits per heavy atom. The molecule has 1 amide bonds. The van der Waals surface area contributed by atoms with Crippen molar-refractivity contribution in [3.63, 3.8) is 0 Å². The van der Waals surface area contributed by atoms with Gasteiger partial charge < -0.3 is 10.6 Å². The van der Waals surface area contributed by atoms with E-state index in [1.807, 2.05) is 0 Å². The molecule has 3 N–H and O–H groups in total. The molecule has 0 saturated carbocycles. The fourth-order valence-corrected chi connectivity index (χ4v) is 2.88. The summed E-state index contributed by atoms with van der Waals surface area (Å²) in [5.74, 6) is -5.16. The van der Waals surface area contributed by atoms with Gasteiger partial charge in [-0.3, -0.25) is 9.89 Å². The maximum absolute atomic E-state index is 15.1. The molecule has 3 aromatic heterocycles. The number of rotatable bonds is 6. The Hall–Kier alpha value is -4.15. The van der Waals surface area contributed by atoms with Gasteiger partial charge in [-0.1, -0.05) is 6.58 Å². The Labute approximate surface area is 173 Å². The van der Waals surface area contributed by atoms with Gasteiger partial charge in [0.05, 0.1) is 11.9 Å². The number of nitrogens with one attached hydrogen (secondary N) is 3. The van der Waals surface area contributed by atoms with E-state index in [-0.39, 0.29) is 5.82 Å². The lowest BCUT2D eigenvalue weighted by Crippen LogP contribution is -2.21. The van der Waals surface area contributed by atoms with Crippen molar-refractivity contribution in [3.8, 4) is 0 Å². The average molecular weight is 427 g/mol. The first-order valence-electron chi connectivity index (χ1n) is 9.03. The van der Waals surface area contributed by atoms with E-state index in [0.717, 1.165) is 36.0 Å². The number of fused-ring (bicyclic) bond motifs is 1. The molecule has 0 saturated heterocycles. The van der Waals surface area contributed by atoms with Crippen molar-refractivity contribution in [1.82, 2.24) is 24.8 Å². The smallest absolute Gasteiger partial charge is 0.322 e. The summed E-state index contributed by atoms with van der Waals surface area (Å²) in [6, 6.07) is 7.00. The summed E-state index contributed by atoms with van der Waals surface area (Å²) in [4.78, 5) is 15.6. The number of carbonyl (C=O) groups is 1. The Morgan fingerprint density at radius 1 is 1.26 bits per heavy atom. The third-order valence-electron chi connectivity index (χ3n) is 4.36. The number of hydrogen-bond donors (Lipinski definition) is 3. The molecule has 0 aliphatic heterocycles. The van der Waals surface area contributed by atoms with Gasteiger partial charge in [0.15, 0.2) is 11.6 Å². The van der Waals surface area contributed by atoms with E-state index in [1.165, 1.54) is 16.8 Å². The summed E-state index contributed by atoms with van der Waals surface area (Å²) >= 11 is 0. The topological polar surface area (TPSA) is 100 Å². The number of H-pyrrole nitrogens is 1. The molecule has 4 aromatic rings. The highest BCUT2D eigenvalue weighted by Crippen LogP contribution is 2.35. The van der Waals surface area contributed by atoms with Gasteiger partial charge in [0.25, 0.3) is 0 Å². The highest BCUT2D eigenvalue weighted by molar-refractivity contribution is 5.99. The first kappa shape index (κ1) is 20.1. The van der Waals surface area contributed by atoms with E-state index in [4.69, 9.17) is 0 Å². The van der Waals surface area contributed by atoms with Crippen molar-refractivity contribution in [2.75, 3.05) is 10.6 Å². The lowest BCUT2D eigenvalue weighted by atomic mass is 10.1. The maximum Gasteiger partial charge on any atom is 0.333 e. The number of aryl methyl sites for hydroxylation is 1. The Kier molecular flexibility index (Phi) is 4.93. The zero-order chi connectivity index (χ0) is 22.2. The number of alkyl halides is 2. The molecule has 0 spiro atoms. The van der Waals surface area contributed by atoms with Crippen LogP contribution in [-0.4, -0.2) is 30.7 Å². The predicted octanol–water partition coefficient (Wildman–Crippen LogP) is 3.91. The van der Waals surface area contributed by atoms with E-state index in [9.17, 15) is 9.18 Å². The van der Waals surface area contributed by atoms with Crippen LogP contribution in [0.15, 0.2) is 55.3 Å². The second-order valence-corrected chi connectivity index (χ2v) is 6.68. The summed E-state index contributed by atoms with van der Waals surface area (Å²) in [6.45, 7) is 5.16. The molecule has 0 bridgehead atoms. The predicted molar refractivity (Wildman–Crippen MR) is 108 cm³/mol. The average Bonchev–Trinajstić information content (AvgIpc) is 3.33. The minimum absolute atomic E-state index is 0.0392. The van der Waals surface area contributed by atoms with Crippen LogP contribution in [-0.2, 0) is 10.7 Å². The van der Waals surface area contributed by atoms with Gasteiger partial charge in [-0.2, -0.15) is 13.9 Å². The first-order valence-corrected chi connectivity index (χ1v) is 9.03. The molecular formula is C20H16F3N7O. The summed E-state index contributed by atoms with van der Waals surface area (Å²) < 4.78 is 44.7. The maximum atomic E-state index is 15.1. The zero-order valence-corrected chi connectivity index (χ0v) is 16.2. The van der Waals surface area contributed by atoms with Crippen LogP contribution in [0.25, 0.3) is 5.52 Å². The number of amides is 1. The van der Waals surface area contributed by atoms with Gasteiger partial charge >= 0.3 is 5.92 Å². The molecule has 158 valence electrons. The summed E-state index contributed by atoms with van der Waals surface area (Å²) in [5, 5.41) is 16.1. The number of benzene rings is 1. The number of aromatic nitrogens is 5. The molecule has 0 aliphatic carbocycles. The standard InChI is InChI=1S/C20H16F3N7O/c1-3-17(31)24-14-9-15-18(25-16-8-11(2)27-28-16)26-19(29-30(15)10-14)20(22,23)12-4-6-13(21)7-5-12/h3-10H,1H2,2H3,(H,24,31)(H2,25,26,27,28,29). The lowest BCUT2D eigenvalue weighted by molar-refractivity contribution is -0.111. The van der Waals surface area contributed by atoms with Crippen LogP contribution in [0.5, 0.6) is 0 Å². The monoisotopic (exact) mass is 427 g/mol. The van der Waals surface area contributed by atoms with Crippen LogP contribution in [0, 0.1) is 12.7 Å². The van der Waals surface area contributed by atoms with E-state index in [2.05, 4.69) is 37.5 Å². The van der Waals surface area contributed by atoms with Crippen molar-refractivity contribution in [2.45, 2.75) is 12.8 Å². The SMILES string of the molecule is C=CC(=O)Nc1cc2c(Nc3cc(C)[nH]n3)nc(C(F)(F)c3ccc(F)cc3)nn2c1. The van der Waals surface area contributed by atoms with Gasteiger partial charge in [0.2, 0.25) is 11.7 Å². The van der Waals surface area contributed by atoms with Gasteiger partial charge in [0.1, 0.15) is 11.3 Å². The fourth-order valence-electron chi connectivity index (χ4n) is 2.88. The molecule has 4 rings (SSSR count). The molecule has 0 atom stereocenters. The van der Waals surface area contributed by atoms with Crippen LogP contribution in [0.2, 0.25) is 0 Å². The van der Waals surface area contributed by atoms with Crippen molar-refractivity contribution >= 4 is 28.7 Å². The molecule has 11 heteroatoms. The summed E-state index contributed by atoms with van der Waals surface area (Å²) in [7, 11) is 0. The van der Waals surface area contributed by atoms with E-state index in [1.54, 1.807) is 13.0 Å². The van der Waals surface area contributed by atoms with E-state index in [0.29, 0.717) is 17.0 Å². The second kappa shape index (κ2) is 7.59. The van der Waals surface area contributed by atoms with Crippen molar-refractivity contribution in [1.29, 1.82) is 0 Å². The Bertz CT molecular complexity index is 1280. The molecule has 31 heavy (non-hydrogen) atoms. The molecule has 0 radical (unpaired) electrons. The normalized spacial score (nSPS) is 11.5. The third-order valence-corrected chi connectivity index (χ3v) is 4.36. The van der Waals surface area contributed by atoms with Crippen LogP contribution in [0.3, 0.4) is 0 Å². The van der Waals surface area contributed by atoms with Gasteiger partial charge in [-0.05, 0) is 43.3 Å². The molecule has 8 nitrogen and oxygen atoms in total. The number of anilines is 3. The molecule has 1 aromatic carbocycles. The number of aromatic amines is 1. The minimum atomic E-state index is -3.62. The fraction of sp³-hybridized carbons (Fsp3) is 0.100. The number of carbonyl (C=O) groups excluding carboxylic acids is 1.